The third-order valence-electron chi connectivity index (χ3n) is 10.8. The van der Waals surface area contributed by atoms with E-state index in [4.69, 9.17) is 14.2 Å². The van der Waals surface area contributed by atoms with Gasteiger partial charge in [0.1, 0.15) is 13.2 Å². The molecular weight excluding hydrogens is 793 g/mol. The predicted molar refractivity (Wildman–Crippen MR) is 274 cm³/mol. The van der Waals surface area contributed by atoms with Crippen LogP contribution in [0, 0.1) is 0 Å². The van der Waals surface area contributed by atoms with Gasteiger partial charge in [0.05, 0.1) is 0 Å². The zero-order chi connectivity index (χ0) is 46.5. The van der Waals surface area contributed by atoms with Crippen molar-refractivity contribution in [3.05, 3.63) is 97.2 Å². The number of rotatable bonds is 46. The summed E-state index contributed by atoms with van der Waals surface area (Å²) in [6, 6.07) is 0. The lowest BCUT2D eigenvalue weighted by Gasteiger charge is -2.18. The van der Waals surface area contributed by atoms with Crippen LogP contribution >= 0.6 is 0 Å². The monoisotopic (exact) mass is 889 g/mol. The number of unbranched alkanes of at least 4 members (excludes halogenated alkanes) is 19. The third kappa shape index (κ3) is 49.3. The lowest BCUT2D eigenvalue weighted by molar-refractivity contribution is -0.167. The maximum atomic E-state index is 12.8. The van der Waals surface area contributed by atoms with Crippen LogP contribution in [0.25, 0.3) is 0 Å². The summed E-state index contributed by atoms with van der Waals surface area (Å²) in [6.45, 7) is 6.42. The summed E-state index contributed by atoms with van der Waals surface area (Å²) in [4.78, 5) is 37.9. The topological polar surface area (TPSA) is 78.9 Å². The van der Waals surface area contributed by atoms with Crippen LogP contribution < -0.4 is 0 Å². The molecule has 64 heavy (non-hydrogen) atoms. The average Bonchev–Trinajstić information content (AvgIpc) is 3.29. The van der Waals surface area contributed by atoms with Crippen molar-refractivity contribution in [2.24, 2.45) is 0 Å². The van der Waals surface area contributed by atoms with Gasteiger partial charge in [-0.15, -0.1) is 0 Å². The van der Waals surface area contributed by atoms with Gasteiger partial charge in [-0.05, 0) is 103 Å². The summed E-state index contributed by atoms with van der Waals surface area (Å²) in [7, 11) is 0. The van der Waals surface area contributed by atoms with Crippen molar-refractivity contribution in [2.75, 3.05) is 13.2 Å². The Bertz CT molecular complexity index is 1300. The first-order chi connectivity index (χ1) is 31.5. The van der Waals surface area contributed by atoms with Crippen molar-refractivity contribution in [3.8, 4) is 0 Å². The molecule has 0 saturated heterocycles. The molecule has 364 valence electrons. The number of ether oxygens (including phenoxy) is 3. The van der Waals surface area contributed by atoms with Crippen LogP contribution in [0.4, 0.5) is 0 Å². The van der Waals surface area contributed by atoms with Crippen molar-refractivity contribution < 1.29 is 28.6 Å². The fourth-order valence-corrected chi connectivity index (χ4v) is 6.89. The zero-order valence-corrected chi connectivity index (χ0v) is 41.5. The largest absolute Gasteiger partial charge is 0.462 e. The summed E-state index contributed by atoms with van der Waals surface area (Å²) in [5.41, 5.74) is 0. The first kappa shape index (κ1) is 60.3. The van der Waals surface area contributed by atoms with Crippen molar-refractivity contribution in [1.82, 2.24) is 0 Å². The van der Waals surface area contributed by atoms with Gasteiger partial charge in [0.25, 0.3) is 0 Å². The second-order valence-electron chi connectivity index (χ2n) is 17.1. The van der Waals surface area contributed by atoms with E-state index in [-0.39, 0.29) is 31.1 Å². The van der Waals surface area contributed by atoms with Crippen LogP contribution in [0.1, 0.15) is 233 Å². The Morgan fingerprint density at radius 2 is 0.609 bits per heavy atom. The Hall–Kier alpha value is -3.67. The van der Waals surface area contributed by atoms with Gasteiger partial charge < -0.3 is 14.2 Å². The van der Waals surface area contributed by atoms with Crippen LogP contribution in [0.15, 0.2) is 97.2 Å². The molecule has 0 aromatic carbocycles. The van der Waals surface area contributed by atoms with Crippen molar-refractivity contribution >= 4 is 17.9 Å². The highest BCUT2D eigenvalue weighted by Crippen LogP contribution is 2.13. The molecule has 0 bridgehead atoms. The molecule has 0 aliphatic heterocycles. The van der Waals surface area contributed by atoms with Gasteiger partial charge >= 0.3 is 17.9 Å². The Balaban J connectivity index is 4.35. The molecule has 0 N–H and O–H groups in total. The molecule has 0 rings (SSSR count). The van der Waals surface area contributed by atoms with Gasteiger partial charge in [-0.3, -0.25) is 14.4 Å². The summed E-state index contributed by atoms with van der Waals surface area (Å²) in [6.07, 6.45) is 68.3. The van der Waals surface area contributed by atoms with Crippen LogP contribution in [-0.4, -0.2) is 37.2 Å². The van der Waals surface area contributed by atoms with E-state index >= 15 is 0 Å². The first-order valence-electron chi connectivity index (χ1n) is 26.2. The Kier molecular flexibility index (Phi) is 49.0. The van der Waals surface area contributed by atoms with Gasteiger partial charge in [0.2, 0.25) is 0 Å². The number of hydrogen-bond acceptors (Lipinski definition) is 6. The Morgan fingerprint density at radius 3 is 0.984 bits per heavy atom. The van der Waals surface area contributed by atoms with E-state index in [1.807, 2.05) is 0 Å². The van der Waals surface area contributed by atoms with Crippen LogP contribution in [-0.2, 0) is 28.6 Å². The number of carbonyl (C=O) groups excluding carboxylic acids is 3. The Labute approximate surface area is 394 Å². The lowest BCUT2D eigenvalue weighted by atomic mass is 10.1. The average molecular weight is 889 g/mol. The molecule has 0 aromatic heterocycles. The van der Waals surface area contributed by atoms with Gasteiger partial charge in [0.15, 0.2) is 6.10 Å². The van der Waals surface area contributed by atoms with E-state index in [2.05, 4.69) is 118 Å². The molecule has 6 heteroatoms. The van der Waals surface area contributed by atoms with Gasteiger partial charge in [-0.2, -0.15) is 0 Å². The van der Waals surface area contributed by atoms with Crippen molar-refractivity contribution in [1.29, 1.82) is 0 Å². The summed E-state index contributed by atoms with van der Waals surface area (Å²) in [5, 5.41) is 0. The molecule has 0 aromatic rings. The molecule has 1 unspecified atom stereocenters. The van der Waals surface area contributed by atoms with Crippen LogP contribution in [0.5, 0.6) is 0 Å². The molecular formula is C58H96O6. The summed E-state index contributed by atoms with van der Waals surface area (Å²) in [5.74, 6) is -0.939. The van der Waals surface area contributed by atoms with Crippen molar-refractivity contribution in [3.63, 3.8) is 0 Å². The van der Waals surface area contributed by atoms with Crippen LogP contribution in [0.3, 0.4) is 0 Å². The maximum absolute atomic E-state index is 12.8. The predicted octanol–water partition coefficient (Wildman–Crippen LogP) is 17.4. The number of hydrogen-bond donors (Lipinski definition) is 0. The lowest BCUT2D eigenvalue weighted by Crippen LogP contribution is -2.30. The molecule has 0 saturated carbocycles. The normalized spacial score (nSPS) is 12.9. The quantitative estimate of drug-likeness (QED) is 0.0262. The summed E-state index contributed by atoms with van der Waals surface area (Å²) >= 11 is 0. The molecule has 0 aliphatic rings. The van der Waals surface area contributed by atoms with Gasteiger partial charge in [0, 0.05) is 19.3 Å². The standard InChI is InChI=1S/C58H96O6/c1-4-7-10-13-16-19-21-23-25-26-27-28-29-30-31-32-34-35-37-39-42-45-48-51-57(60)63-54-55(53-62-56(59)50-47-44-41-18-15-12-9-6-3)64-58(61)52-49-46-43-40-38-36-33-24-22-20-17-14-11-8-5-2/h7,10,16-17,19-20,23-25,27-28,30-31,33-35,55H,4-6,8-9,11-15,18,21-22,26,29,32,36-54H2,1-3H3/b10-7-,19-16-,20-17-,25-23-,28-27-,31-30-,33-24-,35-34-. The highest BCUT2D eigenvalue weighted by atomic mass is 16.6. The molecule has 0 heterocycles. The Morgan fingerprint density at radius 1 is 0.328 bits per heavy atom. The fraction of sp³-hybridized carbons (Fsp3) is 0.672. The number of allylic oxidation sites excluding steroid dienone is 16. The highest BCUT2D eigenvalue weighted by molar-refractivity contribution is 5.71. The molecule has 6 nitrogen and oxygen atoms in total. The smallest absolute Gasteiger partial charge is 0.306 e. The van der Waals surface area contributed by atoms with E-state index in [0.29, 0.717) is 19.3 Å². The van der Waals surface area contributed by atoms with E-state index in [1.165, 1.54) is 57.8 Å². The van der Waals surface area contributed by atoms with E-state index in [1.54, 1.807) is 0 Å². The minimum absolute atomic E-state index is 0.0916. The van der Waals surface area contributed by atoms with E-state index in [0.717, 1.165) is 135 Å². The second kappa shape index (κ2) is 52.0. The molecule has 0 radical (unpaired) electrons. The SMILES string of the molecule is CC/C=C\C/C=C\C/C=C\C/C=C\C/C=C\C/C=C\CCCCCCC(=O)OCC(COC(=O)CCCCCCCCCC)OC(=O)CCCCCCC/C=C\C/C=C\CCCCC. The molecule has 0 fully saturated rings. The molecule has 0 amide bonds. The van der Waals surface area contributed by atoms with Crippen LogP contribution in [0.2, 0.25) is 0 Å². The second-order valence-corrected chi connectivity index (χ2v) is 17.1. The molecule has 0 aliphatic carbocycles. The van der Waals surface area contributed by atoms with E-state index < -0.39 is 6.10 Å². The number of carbonyl (C=O) groups is 3. The minimum Gasteiger partial charge on any atom is -0.462 e. The van der Waals surface area contributed by atoms with Crippen molar-refractivity contribution in [2.45, 2.75) is 239 Å². The highest BCUT2D eigenvalue weighted by Gasteiger charge is 2.19. The van der Waals surface area contributed by atoms with Gasteiger partial charge in [-0.1, -0.05) is 208 Å². The minimum atomic E-state index is -0.793. The van der Waals surface area contributed by atoms with E-state index in [9.17, 15) is 14.4 Å². The maximum Gasteiger partial charge on any atom is 0.306 e. The fourth-order valence-electron chi connectivity index (χ4n) is 6.89. The molecule has 0 spiro atoms. The third-order valence-corrected chi connectivity index (χ3v) is 10.8. The molecule has 1 atom stereocenters. The first-order valence-corrected chi connectivity index (χ1v) is 26.2. The number of esters is 3. The zero-order valence-electron chi connectivity index (χ0n) is 41.5. The summed E-state index contributed by atoms with van der Waals surface area (Å²) < 4.78 is 16.7. The van der Waals surface area contributed by atoms with Gasteiger partial charge in [-0.25, -0.2) is 0 Å².